The third-order valence-corrected chi connectivity index (χ3v) is 4.24. The molecule has 2 unspecified atom stereocenters. The summed E-state index contributed by atoms with van der Waals surface area (Å²) in [5.74, 6) is -0.0970. The van der Waals surface area contributed by atoms with Crippen molar-refractivity contribution in [3.8, 4) is 5.75 Å². The van der Waals surface area contributed by atoms with Crippen molar-refractivity contribution in [3.05, 3.63) is 17.9 Å². The number of halogens is 1. The molecule has 1 aliphatic heterocycles. The summed E-state index contributed by atoms with van der Waals surface area (Å²) in [6, 6.07) is 3.97. The van der Waals surface area contributed by atoms with E-state index in [1.807, 2.05) is 6.92 Å². The van der Waals surface area contributed by atoms with Gasteiger partial charge < -0.3 is 15.4 Å². The minimum atomic E-state index is -0.389. The first-order valence-electron chi connectivity index (χ1n) is 7.62. The van der Waals surface area contributed by atoms with Gasteiger partial charge in [-0.15, -0.1) is 0 Å². The molecule has 1 aromatic rings. The topological polar surface area (TPSA) is 41.7 Å². The number of rotatable bonds is 4. The molecule has 0 aromatic heterocycles. The van der Waals surface area contributed by atoms with Crippen LogP contribution < -0.4 is 15.4 Å². The number of hydrogen-bond donors (Lipinski definition) is 1. The summed E-state index contributed by atoms with van der Waals surface area (Å²) in [4.78, 5) is 4.58. The quantitative estimate of drug-likeness (QED) is 0.867. The van der Waals surface area contributed by atoms with Crippen LogP contribution in [0.4, 0.5) is 15.8 Å². The van der Waals surface area contributed by atoms with Crippen LogP contribution in [0.2, 0.25) is 0 Å². The molecular formula is C16H26FN3O. The largest absolute Gasteiger partial charge is 0.490 e. The summed E-state index contributed by atoms with van der Waals surface area (Å²) in [6.07, 6.45) is 0.849. The lowest BCUT2D eigenvalue weighted by Gasteiger charge is -2.43. The average Bonchev–Trinajstić information content (AvgIpc) is 2.43. The molecule has 5 heteroatoms. The van der Waals surface area contributed by atoms with Crippen molar-refractivity contribution in [2.24, 2.45) is 0 Å². The summed E-state index contributed by atoms with van der Waals surface area (Å²) in [7, 11) is 2.14. The van der Waals surface area contributed by atoms with Gasteiger partial charge in [0.05, 0.1) is 18.0 Å². The fourth-order valence-electron chi connectivity index (χ4n) is 2.76. The van der Waals surface area contributed by atoms with Crippen LogP contribution in [-0.2, 0) is 0 Å². The molecule has 21 heavy (non-hydrogen) atoms. The number of ether oxygens (including phenoxy) is 1. The van der Waals surface area contributed by atoms with E-state index in [-0.39, 0.29) is 5.82 Å². The van der Waals surface area contributed by atoms with E-state index in [1.54, 1.807) is 6.07 Å². The number of benzene rings is 1. The second kappa shape index (κ2) is 6.52. The molecule has 1 aromatic carbocycles. The maximum absolute atomic E-state index is 13.9. The monoisotopic (exact) mass is 295 g/mol. The van der Waals surface area contributed by atoms with E-state index in [0.717, 1.165) is 25.2 Å². The minimum absolute atomic E-state index is 0.292. The predicted molar refractivity (Wildman–Crippen MR) is 85.5 cm³/mol. The van der Waals surface area contributed by atoms with E-state index in [1.165, 1.54) is 6.07 Å². The molecule has 0 aliphatic carbocycles. The van der Waals surface area contributed by atoms with Gasteiger partial charge in [0.1, 0.15) is 0 Å². The molecule has 0 bridgehead atoms. The number of nitrogens with two attached hydrogens (primary N) is 1. The first kappa shape index (κ1) is 15.9. The Balaban J connectivity index is 2.26. The summed E-state index contributed by atoms with van der Waals surface area (Å²) in [5, 5.41) is 0. The van der Waals surface area contributed by atoms with Crippen LogP contribution in [0, 0.1) is 5.82 Å². The van der Waals surface area contributed by atoms with Crippen LogP contribution in [-0.4, -0.2) is 43.7 Å². The van der Waals surface area contributed by atoms with Gasteiger partial charge >= 0.3 is 0 Å². The standard InChI is InChI=1S/C16H26FN3O/c1-5-6-21-16-8-15(14(18)7-13(16)17)20-9-11(2)19(4)12(3)10-20/h7-8,11-12H,5-6,9-10,18H2,1-4H3. The summed E-state index contributed by atoms with van der Waals surface area (Å²) < 4.78 is 19.4. The molecule has 2 rings (SSSR count). The molecule has 1 saturated heterocycles. The molecule has 0 radical (unpaired) electrons. The average molecular weight is 295 g/mol. The number of anilines is 2. The summed E-state index contributed by atoms with van der Waals surface area (Å²) in [5.41, 5.74) is 7.37. The van der Waals surface area contributed by atoms with E-state index in [4.69, 9.17) is 10.5 Å². The fraction of sp³-hybridized carbons (Fsp3) is 0.625. The molecule has 0 saturated carbocycles. The molecule has 4 nitrogen and oxygen atoms in total. The lowest BCUT2D eigenvalue weighted by atomic mass is 10.1. The Kier molecular flexibility index (Phi) is 4.93. The van der Waals surface area contributed by atoms with Crippen molar-refractivity contribution in [1.82, 2.24) is 4.90 Å². The first-order valence-corrected chi connectivity index (χ1v) is 7.62. The van der Waals surface area contributed by atoms with Crippen LogP contribution in [0.15, 0.2) is 12.1 Å². The Bertz CT molecular complexity index is 483. The van der Waals surface area contributed by atoms with Gasteiger partial charge in [-0.25, -0.2) is 4.39 Å². The summed E-state index contributed by atoms with van der Waals surface area (Å²) in [6.45, 7) is 8.65. The molecular weight excluding hydrogens is 269 g/mol. The van der Waals surface area contributed by atoms with Crippen molar-refractivity contribution >= 4 is 11.4 Å². The van der Waals surface area contributed by atoms with Crippen LogP contribution in [0.25, 0.3) is 0 Å². The van der Waals surface area contributed by atoms with Gasteiger partial charge in [-0.05, 0) is 27.3 Å². The minimum Gasteiger partial charge on any atom is -0.490 e. The maximum Gasteiger partial charge on any atom is 0.167 e. The first-order chi connectivity index (χ1) is 9.93. The van der Waals surface area contributed by atoms with Crippen LogP contribution >= 0.6 is 0 Å². The molecule has 2 N–H and O–H groups in total. The third-order valence-electron chi connectivity index (χ3n) is 4.24. The van der Waals surface area contributed by atoms with Crippen molar-refractivity contribution in [1.29, 1.82) is 0 Å². The van der Waals surface area contributed by atoms with Crippen molar-refractivity contribution in [2.75, 3.05) is 37.4 Å². The van der Waals surface area contributed by atoms with Crippen molar-refractivity contribution < 1.29 is 9.13 Å². The Morgan fingerprint density at radius 3 is 2.48 bits per heavy atom. The smallest absolute Gasteiger partial charge is 0.167 e. The zero-order valence-corrected chi connectivity index (χ0v) is 13.4. The number of nitrogens with zero attached hydrogens (tertiary/aromatic N) is 2. The summed E-state index contributed by atoms with van der Waals surface area (Å²) >= 11 is 0. The van der Waals surface area contributed by atoms with Gasteiger partial charge in [-0.3, -0.25) is 4.90 Å². The predicted octanol–water partition coefficient (Wildman–Crippen LogP) is 2.73. The maximum atomic E-state index is 13.9. The molecule has 2 atom stereocenters. The fourth-order valence-corrected chi connectivity index (χ4v) is 2.76. The van der Waals surface area contributed by atoms with E-state index in [0.29, 0.717) is 30.1 Å². The molecule has 0 spiro atoms. The van der Waals surface area contributed by atoms with Crippen LogP contribution in [0.3, 0.4) is 0 Å². The zero-order chi connectivity index (χ0) is 15.6. The highest BCUT2D eigenvalue weighted by Crippen LogP contribution is 2.33. The number of likely N-dealkylation sites (N-methyl/N-ethyl adjacent to an activating group) is 1. The lowest BCUT2D eigenvalue weighted by molar-refractivity contribution is 0.170. The molecule has 1 heterocycles. The van der Waals surface area contributed by atoms with Gasteiger partial charge in [0, 0.05) is 37.3 Å². The molecule has 118 valence electrons. The van der Waals surface area contributed by atoms with Crippen molar-refractivity contribution in [2.45, 2.75) is 39.3 Å². The number of hydrogen-bond acceptors (Lipinski definition) is 4. The SMILES string of the molecule is CCCOc1cc(N2CC(C)N(C)C(C)C2)c(N)cc1F. The molecule has 1 aliphatic rings. The highest BCUT2D eigenvalue weighted by atomic mass is 19.1. The zero-order valence-electron chi connectivity index (χ0n) is 13.4. The van der Waals surface area contributed by atoms with Gasteiger partial charge in [-0.1, -0.05) is 6.92 Å². The Hall–Kier alpha value is -1.49. The Morgan fingerprint density at radius 2 is 1.90 bits per heavy atom. The van der Waals surface area contributed by atoms with Crippen LogP contribution in [0.1, 0.15) is 27.2 Å². The van der Waals surface area contributed by atoms with E-state index < -0.39 is 0 Å². The Labute approximate surface area is 126 Å². The normalized spacial score (nSPS) is 23.4. The van der Waals surface area contributed by atoms with Gasteiger partial charge in [-0.2, -0.15) is 0 Å². The number of nitrogen functional groups attached to an aromatic ring is 1. The van der Waals surface area contributed by atoms with E-state index in [9.17, 15) is 4.39 Å². The van der Waals surface area contributed by atoms with Gasteiger partial charge in [0.25, 0.3) is 0 Å². The third kappa shape index (κ3) is 3.40. The van der Waals surface area contributed by atoms with Crippen LogP contribution in [0.5, 0.6) is 5.75 Å². The molecule has 1 fully saturated rings. The van der Waals surface area contributed by atoms with E-state index >= 15 is 0 Å². The second-order valence-electron chi connectivity index (χ2n) is 5.96. The highest BCUT2D eigenvalue weighted by molar-refractivity contribution is 5.70. The number of piperazine rings is 1. The van der Waals surface area contributed by atoms with E-state index in [2.05, 4.69) is 30.7 Å². The van der Waals surface area contributed by atoms with Gasteiger partial charge in [0.2, 0.25) is 0 Å². The second-order valence-corrected chi connectivity index (χ2v) is 5.96. The molecule has 0 amide bonds. The van der Waals surface area contributed by atoms with Crippen molar-refractivity contribution in [3.63, 3.8) is 0 Å². The van der Waals surface area contributed by atoms with Gasteiger partial charge in [0.15, 0.2) is 11.6 Å². The Morgan fingerprint density at radius 1 is 1.29 bits per heavy atom. The lowest BCUT2D eigenvalue weighted by Crippen LogP contribution is -2.55. The highest BCUT2D eigenvalue weighted by Gasteiger charge is 2.28.